The number of hydrogen-bond acceptors (Lipinski definition) is 8. The number of nitrogens with zero attached hydrogens (tertiary/aromatic N) is 4. The molecule has 2 aliphatic carbocycles. The van der Waals surface area contributed by atoms with Gasteiger partial charge in [-0.3, -0.25) is 19.9 Å². The number of allylic oxidation sites excluding steroid dienone is 5. The largest absolute Gasteiger partial charge is 0.390 e. The predicted molar refractivity (Wildman–Crippen MR) is 162 cm³/mol. The van der Waals surface area contributed by atoms with E-state index in [1.165, 1.54) is 11.9 Å². The molecule has 2 atom stereocenters. The number of aliphatic imine (C=N–C) groups is 1. The topological polar surface area (TPSA) is 87.0 Å². The molecule has 8 nitrogen and oxygen atoms in total. The molecule has 1 saturated carbocycles. The molecule has 1 N–H and O–H groups in total. The number of amides is 1. The summed E-state index contributed by atoms with van der Waals surface area (Å²) in [5, 5.41) is 15.1. The Hall–Kier alpha value is -2.88. The van der Waals surface area contributed by atoms with Crippen molar-refractivity contribution in [1.29, 1.82) is 0 Å². The van der Waals surface area contributed by atoms with Crippen LogP contribution in [0.1, 0.15) is 94.4 Å². The van der Waals surface area contributed by atoms with E-state index < -0.39 is 5.54 Å². The zero-order valence-corrected chi connectivity index (χ0v) is 25.1. The molecule has 218 valence electrons. The predicted octanol–water partition coefficient (Wildman–Crippen LogP) is 6.90. The second-order valence-electron chi connectivity index (χ2n) is 11.7. The fourth-order valence-electron chi connectivity index (χ4n) is 6.40. The van der Waals surface area contributed by atoms with Crippen molar-refractivity contribution in [2.24, 2.45) is 16.1 Å². The van der Waals surface area contributed by atoms with Crippen molar-refractivity contribution in [3.63, 3.8) is 0 Å². The van der Waals surface area contributed by atoms with Crippen LogP contribution in [0.25, 0.3) is 5.57 Å². The van der Waals surface area contributed by atoms with Gasteiger partial charge in [-0.2, -0.15) is 4.47 Å². The van der Waals surface area contributed by atoms with E-state index in [9.17, 15) is 10.0 Å². The van der Waals surface area contributed by atoms with Crippen molar-refractivity contribution in [1.82, 2.24) is 9.37 Å². The van der Waals surface area contributed by atoms with E-state index in [0.29, 0.717) is 25.6 Å². The molecule has 1 spiro atoms. The number of unbranched alkanes of at least 4 members (excludes halogenated alkanes) is 1. The fraction of sp³-hybridized carbons (Fsp3) is 0.531. The minimum atomic E-state index is -0.531. The fourth-order valence-corrected chi connectivity index (χ4v) is 7.33. The highest BCUT2D eigenvalue weighted by Gasteiger charge is 2.49. The van der Waals surface area contributed by atoms with Gasteiger partial charge in [0.15, 0.2) is 5.84 Å². The third kappa shape index (κ3) is 5.28. The summed E-state index contributed by atoms with van der Waals surface area (Å²) in [4.78, 5) is 27.2. The molecule has 0 saturated heterocycles. The average molecular weight is 577 g/mol. The van der Waals surface area contributed by atoms with E-state index in [0.717, 1.165) is 94.4 Å². The van der Waals surface area contributed by atoms with Gasteiger partial charge in [-0.05, 0) is 60.4 Å². The number of benzene rings is 1. The Morgan fingerprint density at radius 1 is 1.20 bits per heavy atom. The number of ether oxygens (including phenoxy) is 1. The van der Waals surface area contributed by atoms with E-state index in [1.807, 2.05) is 18.7 Å². The Bertz CT molecular complexity index is 1360. The highest BCUT2D eigenvalue weighted by molar-refractivity contribution is 8.01. The second kappa shape index (κ2) is 11.8. The number of rotatable bonds is 8. The summed E-state index contributed by atoms with van der Waals surface area (Å²) in [5.41, 5.74) is 5.03. The summed E-state index contributed by atoms with van der Waals surface area (Å²) in [5.74, 6) is 1.64. The van der Waals surface area contributed by atoms with Gasteiger partial charge in [0.05, 0.1) is 25.7 Å². The first-order valence-corrected chi connectivity index (χ1v) is 15.8. The molecule has 41 heavy (non-hydrogen) atoms. The van der Waals surface area contributed by atoms with Crippen LogP contribution in [-0.2, 0) is 34.1 Å². The molecule has 2 unspecified atom stereocenters. The molecule has 9 heteroatoms. The summed E-state index contributed by atoms with van der Waals surface area (Å²) in [6.07, 6.45) is 15.9. The number of hydroxylamine groups is 1. The van der Waals surface area contributed by atoms with Gasteiger partial charge >= 0.3 is 0 Å². The average Bonchev–Trinajstić information content (AvgIpc) is 3.73. The molecule has 1 aromatic carbocycles. The van der Waals surface area contributed by atoms with Crippen molar-refractivity contribution in [2.75, 3.05) is 0 Å². The number of carbonyl (C=O) groups excluding carboxylic acids is 1. The highest BCUT2D eigenvalue weighted by Crippen LogP contribution is 2.43. The van der Waals surface area contributed by atoms with E-state index >= 15 is 0 Å². The molecule has 6 rings (SSSR count). The van der Waals surface area contributed by atoms with Crippen LogP contribution in [0.15, 0.2) is 51.5 Å². The molecule has 1 aromatic rings. The Labute approximate surface area is 246 Å². The standard InChI is InChI=1S/C32H40N4O4S/c1-4-5-13-29-33-32(16-9-10-17-32)31(37)35(29)18-23-14-15-24(27-20-39-19-26(23)27)25-11-7-6-8-12-28(25)41-36(38)30-21(2)22(3)40-34-30/h6-7,11-12,14-15,21-22,38H,4-5,8-10,13,16-20H2,1-3H3. The summed E-state index contributed by atoms with van der Waals surface area (Å²) in [7, 11) is 0. The van der Waals surface area contributed by atoms with Crippen molar-refractivity contribution in [3.8, 4) is 0 Å². The molecule has 3 heterocycles. The lowest BCUT2D eigenvalue weighted by molar-refractivity contribution is -0.131. The van der Waals surface area contributed by atoms with Gasteiger partial charge < -0.3 is 9.57 Å². The van der Waals surface area contributed by atoms with Crippen LogP contribution in [0.2, 0.25) is 0 Å². The minimum absolute atomic E-state index is 0.0104. The van der Waals surface area contributed by atoms with Gasteiger partial charge in [-0.1, -0.05) is 74.7 Å². The van der Waals surface area contributed by atoms with Gasteiger partial charge in [0.2, 0.25) is 0 Å². The maximum Gasteiger partial charge on any atom is 0.256 e. The Kier molecular flexibility index (Phi) is 8.12. The van der Waals surface area contributed by atoms with E-state index in [1.54, 1.807) is 0 Å². The molecule has 3 aliphatic heterocycles. The SMILES string of the molecule is CCCCC1=NC2(CCCC2)C(=O)N1Cc1ccc(C2=CC=CCC=C2SN(O)C2=NOC(C)C2C)c2c1COC2. The summed E-state index contributed by atoms with van der Waals surface area (Å²) in [6, 6.07) is 4.31. The monoisotopic (exact) mass is 576 g/mol. The van der Waals surface area contributed by atoms with Crippen LogP contribution in [0, 0.1) is 5.92 Å². The molecular weight excluding hydrogens is 536 g/mol. The molecule has 1 amide bonds. The molecule has 5 aliphatic rings. The van der Waals surface area contributed by atoms with Crippen molar-refractivity contribution >= 4 is 35.1 Å². The zero-order valence-electron chi connectivity index (χ0n) is 24.3. The minimum Gasteiger partial charge on any atom is -0.390 e. The molecule has 0 aromatic heterocycles. The number of fused-ring (bicyclic) bond motifs is 1. The van der Waals surface area contributed by atoms with E-state index in [2.05, 4.69) is 48.5 Å². The summed E-state index contributed by atoms with van der Waals surface area (Å²) < 4.78 is 7.16. The maximum atomic E-state index is 13.8. The summed E-state index contributed by atoms with van der Waals surface area (Å²) in [6.45, 7) is 7.71. The Morgan fingerprint density at radius 3 is 2.76 bits per heavy atom. The van der Waals surface area contributed by atoms with Crippen molar-refractivity contribution in [2.45, 2.75) is 104 Å². The molecular formula is C32H40N4O4S. The number of oxime groups is 1. The van der Waals surface area contributed by atoms with Crippen LogP contribution >= 0.6 is 11.9 Å². The van der Waals surface area contributed by atoms with Gasteiger partial charge in [-0.15, -0.1) is 0 Å². The van der Waals surface area contributed by atoms with Crippen molar-refractivity contribution in [3.05, 3.63) is 63.6 Å². The third-order valence-electron chi connectivity index (χ3n) is 9.03. The molecule has 0 bridgehead atoms. The Balaban J connectivity index is 1.28. The number of carbonyl (C=O) groups is 1. The van der Waals surface area contributed by atoms with Gasteiger partial charge in [0.1, 0.15) is 17.5 Å². The second-order valence-corrected chi connectivity index (χ2v) is 12.7. The first-order valence-electron chi connectivity index (χ1n) is 15.0. The van der Waals surface area contributed by atoms with Crippen LogP contribution in [0.5, 0.6) is 0 Å². The maximum absolute atomic E-state index is 13.8. The number of hydrogen-bond donors (Lipinski definition) is 1. The smallest absolute Gasteiger partial charge is 0.256 e. The van der Waals surface area contributed by atoms with E-state index in [-0.39, 0.29) is 17.9 Å². The quantitative estimate of drug-likeness (QED) is 0.268. The normalized spacial score (nSPS) is 24.7. The first kappa shape index (κ1) is 28.2. The van der Waals surface area contributed by atoms with Crippen LogP contribution in [0.4, 0.5) is 0 Å². The zero-order chi connectivity index (χ0) is 28.6. The van der Waals surface area contributed by atoms with Gasteiger partial charge in [0, 0.05) is 23.3 Å². The van der Waals surface area contributed by atoms with Gasteiger partial charge in [-0.25, -0.2) is 0 Å². The van der Waals surface area contributed by atoms with Crippen LogP contribution in [-0.4, -0.2) is 43.8 Å². The Morgan fingerprint density at radius 2 is 2.00 bits per heavy atom. The molecule has 1 fully saturated rings. The lowest BCUT2D eigenvalue weighted by Gasteiger charge is -2.24. The molecule has 0 radical (unpaired) electrons. The van der Waals surface area contributed by atoms with Gasteiger partial charge in [0.25, 0.3) is 5.91 Å². The third-order valence-corrected chi connectivity index (χ3v) is 9.97. The van der Waals surface area contributed by atoms with E-state index in [4.69, 9.17) is 14.6 Å². The van der Waals surface area contributed by atoms with Crippen LogP contribution in [0.3, 0.4) is 0 Å². The lowest BCUT2D eigenvalue weighted by atomic mass is 9.92. The van der Waals surface area contributed by atoms with Crippen LogP contribution < -0.4 is 0 Å². The van der Waals surface area contributed by atoms with Crippen molar-refractivity contribution < 1.29 is 19.6 Å². The summed E-state index contributed by atoms with van der Waals surface area (Å²) >= 11 is 1.26. The number of amidine groups is 2. The highest BCUT2D eigenvalue weighted by atomic mass is 32.2. The first-order chi connectivity index (χ1) is 19.9. The lowest BCUT2D eigenvalue weighted by Crippen LogP contribution is -2.40.